The molecule has 2 aromatic rings. The van der Waals surface area contributed by atoms with Crippen LogP contribution in [0.25, 0.3) is 16.7 Å². The molecular formula is C42H48N2. The van der Waals surface area contributed by atoms with Gasteiger partial charge in [0.15, 0.2) is 0 Å². The van der Waals surface area contributed by atoms with Crippen LogP contribution in [0.4, 0.5) is 0 Å². The smallest absolute Gasteiger partial charge is 0.0647 e. The van der Waals surface area contributed by atoms with Crippen molar-refractivity contribution in [3.63, 3.8) is 0 Å². The van der Waals surface area contributed by atoms with Crippen molar-refractivity contribution in [1.82, 2.24) is 0 Å². The number of hydrogen-bond acceptors (Lipinski definition) is 2. The van der Waals surface area contributed by atoms with Crippen molar-refractivity contribution >= 4 is 22.4 Å². The van der Waals surface area contributed by atoms with E-state index in [1.54, 1.807) is 6.20 Å². The second-order valence-corrected chi connectivity index (χ2v) is 12.7. The van der Waals surface area contributed by atoms with Crippen LogP contribution in [0, 0.1) is 0 Å². The van der Waals surface area contributed by atoms with Crippen LogP contribution in [0.15, 0.2) is 125 Å². The predicted molar refractivity (Wildman–Crippen MR) is 192 cm³/mol. The Morgan fingerprint density at radius 2 is 1.82 bits per heavy atom. The molecule has 44 heavy (non-hydrogen) atoms. The van der Waals surface area contributed by atoms with Crippen LogP contribution in [-0.2, 0) is 12.0 Å². The van der Waals surface area contributed by atoms with Gasteiger partial charge in [0.25, 0.3) is 0 Å². The third-order valence-corrected chi connectivity index (χ3v) is 9.18. The van der Waals surface area contributed by atoms with Crippen molar-refractivity contribution in [2.24, 2.45) is 10.7 Å². The molecule has 0 unspecified atom stereocenters. The van der Waals surface area contributed by atoms with Crippen LogP contribution in [0.3, 0.4) is 0 Å². The van der Waals surface area contributed by atoms with Gasteiger partial charge >= 0.3 is 0 Å². The van der Waals surface area contributed by atoms with E-state index in [1.165, 1.54) is 80.5 Å². The van der Waals surface area contributed by atoms with Crippen LogP contribution >= 0.6 is 0 Å². The Morgan fingerprint density at radius 1 is 0.977 bits per heavy atom. The first-order chi connectivity index (χ1) is 21.3. The van der Waals surface area contributed by atoms with Crippen molar-refractivity contribution in [2.75, 3.05) is 0 Å². The molecule has 3 aliphatic rings. The number of hydrogen-bond donors (Lipinski definition) is 1. The molecular weight excluding hydrogens is 532 g/mol. The maximum absolute atomic E-state index is 5.82. The Morgan fingerprint density at radius 3 is 2.61 bits per heavy atom. The zero-order valence-corrected chi connectivity index (χ0v) is 27.3. The molecule has 0 aliphatic heterocycles. The summed E-state index contributed by atoms with van der Waals surface area (Å²) in [5, 5.41) is 0. The van der Waals surface area contributed by atoms with Crippen molar-refractivity contribution in [3.8, 4) is 0 Å². The minimum Gasteiger partial charge on any atom is -0.405 e. The second kappa shape index (κ2) is 14.1. The van der Waals surface area contributed by atoms with Gasteiger partial charge in [-0.2, -0.15) is 0 Å². The summed E-state index contributed by atoms with van der Waals surface area (Å²) in [7, 11) is 0. The number of aliphatic imine (C=N–C) groups is 1. The molecule has 0 saturated carbocycles. The fourth-order valence-electron chi connectivity index (χ4n) is 6.76. The average Bonchev–Trinajstić information content (AvgIpc) is 3.31. The fourth-order valence-corrected chi connectivity index (χ4v) is 6.76. The highest BCUT2D eigenvalue weighted by Gasteiger charge is 2.36. The molecule has 2 aromatic carbocycles. The number of rotatable bonds is 8. The number of allylic oxidation sites excluding steroid dienone is 15. The van der Waals surface area contributed by atoms with Crippen LogP contribution in [0.2, 0.25) is 0 Å². The molecule has 0 radical (unpaired) electrons. The summed E-state index contributed by atoms with van der Waals surface area (Å²) in [6.07, 6.45) is 28.9. The summed E-state index contributed by atoms with van der Waals surface area (Å²) < 4.78 is 0. The first kappa shape index (κ1) is 31.3. The first-order valence-corrected chi connectivity index (χ1v) is 16.3. The zero-order chi connectivity index (χ0) is 31.1. The van der Waals surface area contributed by atoms with E-state index in [-0.39, 0.29) is 5.41 Å². The van der Waals surface area contributed by atoms with Gasteiger partial charge in [0.2, 0.25) is 0 Å². The molecule has 0 amide bonds. The summed E-state index contributed by atoms with van der Waals surface area (Å²) in [5.74, 6) is 0. The lowest BCUT2D eigenvalue weighted by atomic mass is 9.80. The third kappa shape index (κ3) is 6.81. The van der Waals surface area contributed by atoms with E-state index in [9.17, 15) is 0 Å². The molecule has 0 fully saturated rings. The summed E-state index contributed by atoms with van der Waals surface area (Å²) in [5.41, 5.74) is 21.2. The second-order valence-electron chi connectivity index (χ2n) is 12.7. The molecule has 2 N–H and O–H groups in total. The van der Waals surface area contributed by atoms with Gasteiger partial charge in [-0.05, 0) is 139 Å². The zero-order valence-electron chi connectivity index (χ0n) is 27.3. The van der Waals surface area contributed by atoms with E-state index >= 15 is 0 Å². The lowest BCUT2D eigenvalue weighted by molar-refractivity contribution is 0.654. The summed E-state index contributed by atoms with van der Waals surface area (Å²) in [6.45, 7) is 11.8. The highest BCUT2D eigenvalue weighted by Crippen LogP contribution is 2.49. The van der Waals surface area contributed by atoms with E-state index in [0.717, 1.165) is 25.0 Å². The lowest BCUT2D eigenvalue weighted by Gasteiger charge is -2.23. The van der Waals surface area contributed by atoms with Crippen molar-refractivity contribution in [2.45, 2.75) is 85.1 Å². The van der Waals surface area contributed by atoms with Gasteiger partial charge in [-0.1, -0.05) is 98.7 Å². The molecule has 3 aliphatic carbocycles. The number of nitrogens with zero attached hydrogens (tertiary/aromatic N) is 1. The van der Waals surface area contributed by atoms with E-state index < -0.39 is 0 Å². The van der Waals surface area contributed by atoms with Gasteiger partial charge < -0.3 is 5.73 Å². The quantitative estimate of drug-likeness (QED) is 0.245. The van der Waals surface area contributed by atoms with Gasteiger partial charge in [-0.3, -0.25) is 4.99 Å². The summed E-state index contributed by atoms with van der Waals surface area (Å²) >= 11 is 0. The Hall–Kier alpha value is -4.17. The summed E-state index contributed by atoms with van der Waals surface area (Å²) in [4.78, 5) is 5.03. The molecule has 2 heteroatoms. The van der Waals surface area contributed by atoms with E-state index in [0.29, 0.717) is 6.54 Å². The minimum absolute atomic E-state index is 0.0351. The largest absolute Gasteiger partial charge is 0.405 e. The molecule has 0 atom stereocenters. The normalized spacial score (nSPS) is 19.2. The molecule has 226 valence electrons. The molecule has 0 saturated heterocycles. The number of benzene rings is 2. The molecule has 0 heterocycles. The first-order valence-electron chi connectivity index (χ1n) is 16.3. The van der Waals surface area contributed by atoms with Crippen molar-refractivity contribution < 1.29 is 0 Å². The maximum Gasteiger partial charge on any atom is 0.0647 e. The average molecular weight is 581 g/mol. The van der Waals surface area contributed by atoms with E-state index in [2.05, 4.69) is 126 Å². The highest BCUT2D eigenvalue weighted by atomic mass is 14.7. The lowest BCUT2D eigenvalue weighted by Crippen LogP contribution is -2.16. The van der Waals surface area contributed by atoms with Crippen molar-refractivity contribution in [3.05, 3.63) is 148 Å². The monoisotopic (exact) mass is 580 g/mol. The van der Waals surface area contributed by atoms with Crippen LogP contribution in [-0.4, -0.2) is 5.71 Å². The van der Waals surface area contributed by atoms with E-state index in [4.69, 9.17) is 10.7 Å². The van der Waals surface area contributed by atoms with E-state index in [1.807, 2.05) is 6.08 Å². The Balaban J connectivity index is 1.45. The van der Waals surface area contributed by atoms with Gasteiger partial charge in [-0.25, -0.2) is 0 Å². The van der Waals surface area contributed by atoms with Gasteiger partial charge in [0.1, 0.15) is 0 Å². The molecule has 2 nitrogen and oxygen atoms in total. The van der Waals surface area contributed by atoms with Crippen LogP contribution < -0.4 is 5.73 Å². The predicted octanol–water partition coefficient (Wildman–Crippen LogP) is 11.0. The maximum atomic E-state index is 5.82. The van der Waals surface area contributed by atoms with Crippen LogP contribution in [0.1, 0.15) is 101 Å². The topological polar surface area (TPSA) is 38.4 Å². The van der Waals surface area contributed by atoms with Gasteiger partial charge in [0.05, 0.1) is 12.3 Å². The van der Waals surface area contributed by atoms with Crippen LogP contribution in [0.5, 0.6) is 0 Å². The molecule has 5 rings (SSSR count). The molecule has 0 aromatic heterocycles. The Labute approximate surface area is 265 Å². The highest BCUT2D eigenvalue weighted by molar-refractivity contribution is 6.08. The molecule has 0 spiro atoms. The van der Waals surface area contributed by atoms with Gasteiger partial charge in [-0.15, -0.1) is 0 Å². The third-order valence-electron chi connectivity index (χ3n) is 9.18. The Kier molecular flexibility index (Phi) is 10.0. The van der Waals surface area contributed by atoms with Gasteiger partial charge in [0, 0.05) is 5.41 Å². The molecule has 0 bridgehead atoms. The standard InChI is InChI=1S/C42H48N2/c1-6-14-34(35-19-13-16-31(26-35)29-44-41(23-24-43)33-17-10-8-9-11-18-33)27-32(7-2)36-21-22-37-38-25-30(3)15-12-20-39(38)42(4,5)40(37)28-36/h6-7,12-14,16-17,19-28H,8-11,15,18,29,43H2,1-5H3/b14-6-,24-23-,32-7+,34-27+,44-41?. The number of fused-ring (bicyclic) bond motifs is 2. The van der Waals surface area contributed by atoms with Crippen molar-refractivity contribution in [1.29, 1.82) is 0 Å². The number of nitrogens with two attached hydrogens (primary N) is 1. The minimum atomic E-state index is -0.0351. The Bertz CT molecular complexity index is 1670. The fraction of sp³-hybridized carbons (Fsp3) is 0.310. The summed E-state index contributed by atoms with van der Waals surface area (Å²) in [6, 6.07) is 15.8. The SMILES string of the molecule is C\C=C/C(=C\C(=C/C)c1ccc2c(c1)C(C)(C)C1=C2C=C(C)CC=C1)c1cccc(CN=C(/C=C\N)C2=CCCCCC2)c1.